The molecule has 0 spiro atoms. The number of rotatable bonds is 11. The van der Waals surface area contributed by atoms with Gasteiger partial charge in [-0.15, -0.1) is 0 Å². The highest BCUT2D eigenvalue weighted by atomic mass is 16.5. The summed E-state index contributed by atoms with van der Waals surface area (Å²) in [5, 5.41) is 6.46. The number of hydrogen-bond acceptors (Lipinski definition) is 6. The van der Waals surface area contributed by atoms with Crippen molar-refractivity contribution in [1.82, 2.24) is 15.0 Å². The van der Waals surface area contributed by atoms with Crippen molar-refractivity contribution in [2.45, 2.75) is 46.0 Å². The van der Waals surface area contributed by atoms with E-state index in [4.69, 9.17) is 9.26 Å². The van der Waals surface area contributed by atoms with Crippen LogP contribution < -0.4 is 5.32 Å². The molecule has 8 heteroatoms. The third kappa shape index (κ3) is 8.09. The highest BCUT2D eigenvalue weighted by molar-refractivity contribution is 5.93. The van der Waals surface area contributed by atoms with Crippen LogP contribution in [0.5, 0.6) is 0 Å². The molecule has 0 aliphatic carbocycles. The summed E-state index contributed by atoms with van der Waals surface area (Å²) >= 11 is 0. The number of hydrogen-bond donors (Lipinski definition) is 1. The third-order valence-electron chi connectivity index (χ3n) is 4.62. The van der Waals surface area contributed by atoms with Gasteiger partial charge in [-0.2, -0.15) is 0 Å². The van der Waals surface area contributed by atoms with Crippen LogP contribution in [0.2, 0.25) is 0 Å². The predicted octanol–water partition coefficient (Wildman–Crippen LogP) is 2.05. The first kappa shape index (κ1) is 21.4. The van der Waals surface area contributed by atoms with Gasteiger partial charge in [-0.3, -0.25) is 14.5 Å². The Labute approximate surface area is 161 Å². The van der Waals surface area contributed by atoms with Gasteiger partial charge in [-0.05, 0) is 13.3 Å². The molecule has 0 atom stereocenters. The summed E-state index contributed by atoms with van der Waals surface area (Å²) < 4.78 is 10.3. The van der Waals surface area contributed by atoms with Gasteiger partial charge in [0.05, 0.1) is 19.8 Å². The van der Waals surface area contributed by atoms with Crippen LogP contribution >= 0.6 is 0 Å². The fraction of sp³-hybridized carbons (Fsp3) is 0.737. The Balaban J connectivity index is 1.86. The number of carbonyl (C=O) groups excluding carboxylic acids is 2. The van der Waals surface area contributed by atoms with Crippen LogP contribution in [-0.2, 0) is 14.3 Å². The molecular formula is C19H32N4O4. The Morgan fingerprint density at radius 2 is 2.04 bits per heavy atom. The number of aromatic nitrogens is 1. The number of amides is 2. The molecule has 1 aromatic heterocycles. The number of morpholine rings is 1. The Bertz CT molecular complexity index is 584. The first-order valence-electron chi connectivity index (χ1n) is 9.89. The summed E-state index contributed by atoms with van der Waals surface area (Å²) in [7, 11) is 0. The second-order valence-electron chi connectivity index (χ2n) is 6.95. The molecule has 2 heterocycles. The van der Waals surface area contributed by atoms with E-state index in [1.807, 2.05) is 0 Å². The largest absolute Gasteiger partial charge is 0.379 e. The predicted molar refractivity (Wildman–Crippen MR) is 102 cm³/mol. The van der Waals surface area contributed by atoms with Crippen molar-refractivity contribution in [2.24, 2.45) is 0 Å². The van der Waals surface area contributed by atoms with Crippen molar-refractivity contribution in [3.05, 3.63) is 11.8 Å². The van der Waals surface area contributed by atoms with Crippen molar-refractivity contribution >= 4 is 17.6 Å². The molecular weight excluding hydrogens is 348 g/mol. The molecule has 0 bridgehead atoms. The number of nitrogens with one attached hydrogen (secondary N) is 1. The number of carbonyl (C=O) groups is 2. The van der Waals surface area contributed by atoms with E-state index >= 15 is 0 Å². The van der Waals surface area contributed by atoms with Gasteiger partial charge < -0.3 is 19.5 Å². The van der Waals surface area contributed by atoms with Gasteiger partial charge in [-0.25, -0.2) is 0 Å². The maximum absolute atomic E-state index is 12.6. The standard InChI is InChI=1S/C19H32N4O4/c1-3-4-5-6-7-19(25)23(9-8-22-10-12-26-13-11-22)15-18(24)20-17-14-16(2)27-21-17/h14H,3-13,15H2,1-2H3,(H,20,21,24). The van der Waals surface area contributed by atoms with E-state index < -0.39 is 0 Å². The van der Waals surface area contributed by atoms with Crippen molar-refractivity contribution in [3.8, 4) is 0 Å². The fourth-order valence-corrected chi connectivity index (χ4v) is 3.02. The topological polar surface area (TPSA) is 87.9 Å². The van der Waals surface area contributed by atoms with Crippen LogP contribution in [0.4, 0.5) is 5.82 Å². The highest BCUT2D eigenvalue weighted by Crippen LogP contribution is 2.09. The van der Waals surface area contributed by atoms with E-state index in [0.717, 1.165) is 58.5 Å². The number of anilines is 1. The second kappa shape index (κ2) is 11.7. The monoisotopic (exact) mass is 380 g/mol. The van der Waals surface area contributed by atoms with Crippen molar-refractivity contribution in [2.75, 3.05) is 51.3 Å². The van der Waals surface area contributed by atoms with E-state index in [0.29, 0.717) is 24.5 Å². The molecule has 1 aliphatic heterocycles. The Morgan fingerprint density at radius 1 is 1.26 bits per heavy atom. The molecule has 0 unspecified atom stereocenters. The van der Waals surface area contributed by atoms with E-state index in [1.165, 1.54) is 0 Å². The van der Waals surface area contributed by atoms with E-state index in [2.05, 4.69) is 22.3 Å². The Kier molecular flexibility index (Phi) is 9.27. The first-order chi connectivity index (χ1) is 13.1. The van der Waals surface area contributed by atoms with Crippen LogP contribution in [0, 0.1) is 6.92 Å². The minimum atomic E-state index is -0.257. The first-order valence-corrected chi connectivity index (χ1v) is 9.89. The number of ether oxygens (including phenoxy) is 1. The summed E-state index contributed by atoms with van der Waals surface area (Å²) in [4.78, 5) is 28.9. The molecule has 1 aromatic rings. The lowest BCUT2D eigenvalue weighted by molar-refractivity contribution is -0.135. The van der Waals surface area contributed by atoms with Crippen LogP contribution in [0.15, 0.2) is 10.6 Å². The molecule has 0 aromatic carbocycles. The number of unbranched alkanes of at least 4 members (excludes halogenated alkanes) is 3. The van der Waals surface area contributed by atoms with Crippen LogP contribution in [0.1, 0.15) is 44.8 Å². The van der Waals surface area contributed by atoms with Crippen molar-refractivity contribution < 1.29 is 18.8 Å². The molecule has 0 radical (unpaired) electrons. The molecule has 0 saturated carbocycles. The van der Waals surface area contributed by atoms with Crippen molar-refractivity contribution in [1.29, 1.82) is 0 Å². The van der Waals surface area contributed by atoms with Crippen LogP contribution in [0.3, 0.4) is 0 Å². The molecule has 152 valence electrons. The molecule has 1 N–H and O–H groups in total. The van der Waals surface area contributed by atoms with Gasteiger partial charge >= 0.3 is 0 Å². The molecule has 1 saturated heterocycles. The minimum absolute atomic E-state index is 0.0306. The lowest BCUT2D eigenvalue weighted by Gasteiger charge is -2.30. The second-order valence-corrected chi connectivity index (χ2v) is 6.95. The van der Waals surface area contributed by atoms with E-state index in [-0.39, 0.29) is 18.4 Å². The summed E-state index contributed by atoms with van der Waals surface area (Å²) in [6, 6.07) is 1.66. The lowest BCUT2D eigenvalue weighted by atomic mass is 10.1. The van der Waals surface area contributed by atoms with Gasteiger partial charge in [0.15, 0.2) is 5.82 Å². The maximum Gasteiger partial charge on any atom is 0.245 e. The highest BCUT2D eigenvalue weighted by Gasteiger charge is 2.19. The van der Waals surface area contributed by atoms with Crippen molar-refractivity contribution in [3.63, 3.8) is 0 Å². The fourth-order valence-electron chi connectivity index (χ4n) is 3.02. The van der Waals surface area contributed by atoms with Gasteiger partial charge in [-0.1, -0.05) is 31.3 Å². The van der Waals surface area contributed by atoms with E-state index in [9.17, 15) is 9.59 Å². The molecule has 8 nitrogen and oxygen atoms in total. The van der Waals surface area contributed by atoms with Crippen LogP contribution in [0.25, 0.3) is 0 Å². The van der Waals surface area contributed by atoms with Gasteiger partial charge in [0.25, 0.3) is 0 Å². The smallest absolute Gasteiger partial charge is 0.245 e. The molecule has 1 fully saturated rings. The molecule has 27 heavy (non-hydrogen) atoms. The summed E-state index contributed by atoms with van der Waals surface area (Å²) in [5.41, 5.74) is 0. The minimum Gasteiger partial charge on any atom is -0.379 e. The quantitative estimate of drug-likeness (QED) is 0.591. The zero-order valence-corrected chi connectivity index (χ0v) is 16.5. The summed E-state index contributed by atoms with van der Waals surface area (Å²) in [6.07, 6.45) is 4.66. The number of nitrogens with zero attached hydrogens (tertiary/aromatic N) is 3. The average molecular weight is 380 g/mol. The SMILES string of the molecule is CCCCCCC(=O)N(CCN1CCOCC1)CC(=O)Nc1cc(C)on1. The summed E-state index contributed by atoms with van der Waals surface area (Å²) in [5.74, 6) is 0.778. The number of aryl methyl sites for hydroxylation is 1. The lowest BCUT2D eigenvalue weighted by Crippen LogP contribution is -2.45. The zero-order chi connectivity index (χ0) is 19.5. The molecule has 2 rings (SSSR count). The van der Waals surface area contributed by atoms with Gasteiger partial charge in [0.1, 0.15) is 5.76 Å². The summed E-state index contributed by atoms with van der Waals surface area (Å²) in [6.45, 7) is 8.39. The normalized spacial score (nSPS) is 14.9. The molecule has 2 amide bonds. The molecule has 1 aliphatic rings. The Morgan fingerprint density at radius 3 is 2.70 bits per heavy atom. The average Bonchev–Trinajstić information content (AvgIpc) is 3.07. The van der Waals surface area contributed by atoms with Gasteiger partial charge in [0.2, 0.25) is 11.8 Å². The van der Waals surface area contributed by atoms with E-state index in [1.54, 1.807) is 17.9 Å². The zero-order valence-electron chi connectivity index (χ0n) is 16.5. The van der Waals surface area contributed by atoms with Crippen LogP contribution in [-0.4, -0.2) is 72.7 Å². The third-order valence-corrected chi connectivity index (χ3v) is 4.62. The Hall–Kier alpha value is -1.93. The maximum atomic E-state index is 12.6. The van der Waals surface area contributed by atoms with Gasteiger partial charge in [0, 0.05) is 38.7 Å².